The van der Waals surface area contributed by atoms with Gasteiger partial charge in [-0.2, -0.15) is 0 Å². The Morgan fingerprint density at radius 3 is 1.79 bits per heavy atom. The molecule has 0 saturated carbocycles. The lowest BCUT2D eigenvalue weighted by Crippen LogP contribution is -2.75. The van der Waals surface area contributed by atoms with Crippen molar-refractivity contribution >= 4 is 34.5 Å². The number of nitrogens with zero attached hydrogens (tertiary/aromatic N) is 1. The monoisotopic (exact) mass is 451 g/mol. The Bertz CT molecular complexity index is 1150. The van der Waals surface area contributed by atoms with Crippen LogP contribution in [0.1, 0.15) is 16.7 Å². The predicted molar refractivity (Wildman–Crippen MR) is 140 cm³/mol. The van der Waals surface area contributed by atoms with Crippen molar-refractivity contribution in [3.63, 3.8) is 0 Å². The van der Waals surface area contributed by atoms with Gasteiger partial charge in [-0.3, -0.25) is 10.0 Å². The van der Waals surface area contributed by atoms with Crippen LogP contribution in [-0.4, -0.2) is 10.9 Å². The van der Waals surface area contributed by atoms with Gasteiger partial charge in [-0.1, -0.05) is 84.4 Å². The zero-order valence-corrected chi connectivity index (χ0v) is 19.3. The largest absolute Gasteiger partial charge is 0.282 e. The molecule has 0 radical (unpaired) electrons. The zero-order valence-electron chi connectivity index (χ0n) is 18.5. The van der Waals surface area contributed by atoms with Crippen molar-refractivity contribution in [3.05, 3.63) is 132 Å². The smallest absolute Gasteiger partial charge is 0.270 e. The number of thiocarbonyl (C=S) groups is 1. The minimum atomic E-state index is 0.485. The number of para-hydroxylation sites is 2. The molecule has 0 spiro atoms. The molecule has 0 aliphatic rings. The van der Waals surface area contributed by atoms with E-state index in [-0.39, 0.29) is 0 Å². The number of hydrogen-bond donors (Lipinski definition) is 3. The Balaban J connectivity index is 1.58. The summed E-state index contributed by atoms with van der Waals surface area (Å²) in [5.74, 6) is 0.845. The van der Waals surface area contributed by atoms with E-state index in [9.17, 15) is 0 Å². The summed E-state index contributed by atoms with van der Waals surface area (Å²) in [6.45, 7) is 2.76. The molecule has 0 aromatic heterocycles. The molecule has 0 aliphatic carbocycles. The standard InChI is InChI=1S/C28H26N4S/c1-22-17-19-24(20-18-22)27(29-21-23-11-5-2-6-12-23)30-28(33)31-32(25-13-7-3-8-14-25)26-15-9-4-10-16-26/h2-20H,21H2,1H3,(H2,29,30,31,33)/p+1. The maximum atomic E-state index is 5.74. The summed E-state index contributed by atoms with van der Waals surface area (Å²) in [6.07, 6.45) is 0. The number of nitrogens with one attached hydrogen (secondary N) is 3. The van der Waals surface area contributed by atoms with E-state index in [0.29, 0.717) is 11.7 Å². The van der Waals surface area contributed by atoms with Gasteiger partial charge in [0.25, 0.3) is 10.9 Å². The molecule has 4 nitrogen and oxygen atoms in total. The SMILES string of the molecule is Cc1ccc(C(NC(=S)NN(c2ccccc2)c2ccccc2)=[NH+]Cc2ccccc2)cc1. The van der Waals surface area contributed by atoms with Crippen LogP contribution in [0.3, 0.4) is 0 Å². The Morgan fingerprint density at radius 1 is 0.727 bits per heavy atom. The van der Waals surface area contributed by atoms with Crippen LogP contribution in [0.4, 0.5) is 11.4 Å². The van der Waals surface area contributed by atoms with Gasteiger partial charge in [-0.25, -0.2) is 10.7 Å². The van der Waals surface area contributed by atoms with Crippen molar-refractivity contribution in [2.24, 2.45) is 0 Å². The lowest BCUT2D eigenvalue weighted by Gasteiger charge is -2.25. The fraction of sp³-hybridized carbons (Fsp3) is 0.0714. The van der Waals surface area contributed by atoms with Gasteiger partial charge in [-0.15, -0.1) is 0 Å². The van der Waals surface area contributed by atoms with E-state index < -0.39 is 0 Å². The van der Waals surface area contributed by atoms with E-state index >= 15 is 0 Å². The second-order valence-electron chi connectivity index (χ2n) is 7.65. The Morgan fingerprint density at radius 2 is 1.24 bits per heavy atom. The van der Waals surface area contributed by atoms with Crippen molar-refractivity contribution in [1.29, 1.82) is 0 Å². The molecule has 4 aromatic rings. The molecule has 0 saturated heterocycles. The molecule has 0 amide bonds. The van der Waals surface area contributed by atoms with Gasteiger partial charge in [0, 0.05) is 0 Å². The maximum absolute atomic E-state index is 5.74. The van der Waals surface area contributed by atoms with E-state index in [2.05, 4.69) is 59.1 Å². The Labute approximate surface area is 200 Å². The lowest BCUT2D eigenvalue weighted by atomic mass is 10.1. The van der Waals surface area contributed by atoms with E-state index in [0.717, 1.165) is 22.8 Å². The normalized spacial score (nSPS) is 11.0. The summed E-state index contributed by atoms with van der Waals surface area (Å²) in [5, 5.41) is 5.83. The number of hydrogen-bond acceptors (Lipinski definition) is 2. The van der Waals surface area contributed by atoms with Crippen molar-refractivity contribution in [3.8, 4) is 0 Å². The highest BCUT2D eigenvalue weighted by Gasteiger charge is 2.17. The predicted octanol–water partition coefficient (Wildman–Crippen LogP) is 4.24. The molecule has 33 heavy (non-hydrogen) atoms. The van der Waals surface area contributed by atoms with Crippen molar-refractivity contribution in [2.45, 2.75) is 13.5 Å². The minimum Gasteiger partial charge on any atom is -0.270 e. The van der Waals surface area contributed by atoms with Crippen LogP contribution >= 0.6 is 12.2 Å². The van der Waals surface area contributed by atoms with Crippen LogP contribution in [0.15, 0.2) is 115 Å². The van der Waals surface area contributed by atoms with Crippen molar-refractivity contribution in [2.75, 3.05) is 5.01 Å². The molecule has 0 fully saturated rings. The van der Waals surface area contributed by atoms with Crippen LogP contribution in [-0.2, 0) is 6.54 Å². The van der Waals surface area contributed by atoms with Gasteiger partial charge >= 0.3 is 0 Å². The molecule has 164 valence electrons. The van der Waals surface area contributed by atoms with Gasteiger partial charge in [0.1, 0.15) is 6.54 Å². The molecule has 0 atom stereocenters. The van der Waals surface area contributed by atoms with E-state index in [1.54, 1.807) is 0 Å². The molecular weight excluding hydrogens is 424 g/mol. The highest BCUT2D eigenvalue weighted by Crippen LogP contribution is 2.22. The van der Waals surface area contributed by atoms with Gasteiger partial charge in [0.05, 0.1) is 16.9 Å². The molecule has 0 bridgehead atoms. The summed E-state index contributed by atoms with van der Waals surface area (Å²) < 4.78 is 0. The number of hydrazine groups is 1. The summed E-state index contributed by atoms with van der Waals surface area (Å²) in [5.41, 5.74) is 8.76. The summed E-state index contributed by atoms with van der Waals surface area (Å²) in [4.78, 5) is 3.52. The summed E-state index contributed by atoms with van der Waals surface area (Å²) >= 11 is 5.74. The first kappa shape index (κ1) is 22.2. The first-order valence-corrected chi connectivity index (χ1v) is 11.3. The molecule has 0 aliphatic heterocycles. The van der Waals surface area contributed by atoms with E-state index in [1.165, 1.54) is 11.1 Å². The maximum Gasteiger partial charge on any atom is 0.282 e. The van der Waals surface area contributed by atoms with Gasteiger partial charge in [0.15, 0.2) is 0 Å². The first-order chi connectivity index (χ1) is 16.2. The highest BCUT2D eigenvalue weighted by atomic mass is 32.1. The molecule has 4 aromatic carbocycles. The van der Waals surface area contributed by atoms with Crippen molar-refractivity contribution in [1.82, 2.24) is 10.7 Å². The number of amidine groups is 1. The van der Waals surface area contributed by atoms with Crippen LogP contribution < -0.4 is 20.7 Å². The number of rotatable bonds is 6. The number of aryl methyl sites for hydroxylation is 1. The van der Waals surface area contributed by atoms with Gasteiger partial charge in [0.2, 0.25) is 0 Å². The fourth-order valence-corrected chi connectivity index (χ4v) is 3.59. The Hall–Kier alpha value is -3.96. The van der Waals surface area contributed by atoms with Crippen LogP contribution in [0.25, 0.3) is 0 Å². The summed E-state index contributed by atoms with van der Waals surface area (Å²) in [7, 11) is 0. The van der Waals surface area contributed by atoms with Crippen LogP contribution in [0.5, 0.6) is 0 Å². The van der Waals surface area contributed by atoms with Crippen molar-refractivity contribution < 1.29 is 4.99 Å². The minimum absolute atomic E-state index is 0.485. The first-order valence-electron chi connectivity index (χ1n) is 10.9. The van der Waals surface area contributed by atoms with E-state index in [1.807, 2.05) is 83.9 Å². The molecule has 0 unspecified atom stereocenters. The second kappa shape index (κ2) is 11.1. The van der Waals surface area contributed by atoms with Gasteiger partial charge in [-0.05, 0) is 61.1 Å². The molecule has 5 heteroatoms. The molecular formula is C28H27N4S+. The van der Waals surface area contributed by atoms with Crippen LogP contribution in [0, 0.1) is 6.92 Å². The molecule has 0 heterocycles. The molecule has 4 rings (SSSR count). The van der Waals surface area contributed by atoms with Crippen LogP contribution in [0.2, 0.25) is 0 Å². The van der Waals surface area contributed by atoms with E-state index in [4.69, 9.17) is 12.2 Å². The third kappa shape index (κ3) is 6.28. The van der Waals surface area contributed by atoms with Gasteiger partial charge < -0.3 is 0 Å². The fourth-order valence-electron chi connectivity index (χ4n) is 3.40. The molecule has 3 N–H and O–H groups in total. The number of anilines is 2. The quantitative estimate of drug-likeness (QED) is 0.178. The number of benzene rings is 4. The zero-order chi connectivity index (χ0) is 22.9. The average Bonchev–Trinajstić information content (AvgIpc) is 2.87. The third-order valence-corrected chi connectivity index (χ3v) is 5.33. The highest BCUT2D eigenvalue weighted by molar-refractivity contribution is 7.80. The second-order valence-corrected chi connectivity index (χ2v) is 8.06. The topological polar surface area (TPSA) is 41.3 Å². The third-order valence-electron chi connectivity index (χ3n) is 5.13. The summed E-state index contributed by atoms with van der Waals surface area (Å²) in [6, 6.07) is 38.9. The average molecular weight is 452 g/mol. The Kier molecular flexibility index (Phi) is 7.46. The lowest BCUT2D eigenvalue weighted by molar-refractivity contribution is -0.476.